The number of nitrogens with zero attached hydrogens (tertiary/aromatic N) is 1. The van der Waals surface area contributed by atoms with E-state index in [2.05, 4.69) is 80.6 Å². The number of fused-ring (bicyclic) bond motifs is 1. The maximum Gasteiger partial charge on any atom is 0.0785 e. The van der Waals surface area contributed by atoms with Crippen LogP contribution in [0, 0.1) is 0 Å². The van der Waals surface area contributed by atoms with Crippen LogP contribution in [0.25, 0.3) is 0 Å². The molecule has 26 heavy (non-hydrogen) atoms. The number of hydrogen-bond donors (Lipinski definition) is 1. The highest BCUT2D eigenvalue weighted by Crippen LogP contribution is 2.27. The number of benzene rings is 2. The molecule has 0 aliphatic carbocycles. The highest BCUT2D eigenvalue weighted by molar-refractivity contribution is 6.91. The van der Waals surface area contributed by atoms with Gasteiger partial charge < -0.3 is 5.11 Å². The summed E-state index contributed by atoms with van der Waals surface area (Å²) in [5, 5.41) is 13.2. The van der Waals surface area contributed by atoms with E-state index < -0.39 is 16.1 Å². The van der Waals surface area contributed by atoms with Crippen LogP contribution in [0.1, 0.15) is 22.3 Å². The lowest BCUT2D eigenvalue weighted by atomic mass is 10.1. The molecular weight excluding hydrogens is 350 g/mol. The molecule has 1 N–H and O–H groups in total. The monoisotopic (exact) mass is 383 g/mol. The Morgan fingerprint density at radius 1 is 0.885 bits per heavy atom. The number of aliphatic hydroxyl groups excluding tert-OH is 1. The van der Waals surface area contributed by atoms with Crippen molar-refractivity contribution >= 4 is 26.5 Å². The van der Waals surface area contributed by atoms with Gasteiger partial charge in [0.2, 0.25) is 0 Å². The zero-order valence-corrected chi connectivity index (χ0v) is 19.2. The van der Waals surface area contributed by atoms with Gasteiger partial charge in [-0.1, -0.05) is 80.9 Å². The molecule has 2 aromatic carbocycles. The molecule has 1 aliphatic rings. The molecule has 0 amide bonds. The van der Waals surface area contributed by atoms with Crippen molar-refractivity contribution in [1.29, 1.82) is 0 Å². The van der Waals surface area contributed by atoms with E-state index in [4.69, 9.17) is 0 Å². The van der Waals surface area contributed by atoms with Gasteiger partial charge in [-0.05, 0) is 27.4 Å². The van der Waals surface area contributed by atoms with Crippen molar-refractivity contribution in [3.8, 4) is 0 Å². The van der Waals surface area contributed by atoms with Crippen LogP contribution in [0.5, 0.6) is 0 Å². The molecule has 3 rings (SSSR count). The first-order valence-electron chi connectivity index (χ1n) is 9.67. The third-order valence-electron chi connectivity index (χ3n) is 5.37. The van der Waals surface area contributed by atoms with E-state index in [9.17, 15) is 5.11 Å². The zero-order valence-electron chi connectivity index (χ0n) is 17.2. The Labute approximate surface area is 160 Å². The van der Waals surface area contributed by atoms with Gasteiger partial charge in [-0.2, -0.15) is 0 Å². The van der Waals surface area contributed by atoms with Crippen LogP contribution in [0.2, 0.25) is 39.3 Å². The Kier molecular flexibility index (Phi) is 5.32. The summed E-state index contributed by atoms with van der Waals surface area (Å²) in [5.41, 5.74) is 5.70. The maximum atomic E-state index is 10.1. The molecule has 2 aromatic rings. The SMILES string of the molecule is C[Si](C)(C)c1cc(CO)c([Si](C)(C)C)c2c1CN(Cc1ccccc1)C2. The molecule has 1 heterocycles. The van der Waals surface area contributed by atoms with Crippen LogP contribution >= 0.6 is 0 Å². The fourth-order valence-corrected chi connectivity index (χ4v) is 8.37. The van der Waals surface area contributed by atoms with Crippen molar-refractivity contribution in [2.75, 3.05) is 0 Å². The summed E-state index contributed by atoms with van der Waals surface area (Å²) in [6, 6.07) is 13.2. The molecule has 4 heteroatoms. The Morgan fingerprint density at radius 3 is 2.04 bits per heavy atom. The summed E-state index contributed by atoms with van der Waals surface area (Å²) in [6.07, 6.45) is 0. The third-order valence-corrected chi connectivity index (χ3v) is 9.56. The fourth-order valence-electron chi connectivity index (χ4n) is 4.38. The van der Waals surface area contributed by atoms with Crippen LogP contribution in [0.4, 0.5) is 0 Å². The van der Waals surface area contributed by atoms with E-state index in [-0.39, 0.29) is 6.61 Å². The molecule has 2 nitrogen and oxygen atoms in total. The quantitative estimate of drug-likeness (QED) is 0.794. The summed E-state index contributed by atoms with van der Waals surface area (Å²) >= 11 is 0. The Bertz CT molecular complexity index is 789. The average Bonchev–Trinajstić information content (AvgIpc) is 2.94. The normalized spacial score (nSPS) is 15.3. The van der Waals surface area contributed by atoms with Crippen molar-refractivity contribution in [3.63, 3.8) is 0 Å². The van der Waals surface area contributed by atoms with Crippen LogP contribution in [-0.4, -0.2) is 26.2 Å². The molecule has 140 valence electrons. The lowest BCUT2D eigenvalue weighted by molar-refractivity contribution is 0.275. The molecule has 0 saturated heterocycles. The van der Waals surface area contributed by atoms with Gasteiger partial charge >= 0.3 is 0 Å². The Balaban J connectivity index is 2.08. The molecule has 0 radical (unpaired) electrons. The first-order chi connectivity index (χ1) is 12.1. The van der Waals surface area contributed by atoms with E-state index in [1.54, 1.807) is 16.3 Å². The predicted octanol–water partition coefficient (Wildman–Crippen LogP) is 3.79. The number of hydrogen-bond acceptors (Lipinski definition) is 2. The van der Waals surface area contributed by atoms with Gasteiger partial charge in [-0.15, -0.1) is 0 Å². The number of aliphatic hydroxyl groups is 1. The lowest BCUT2D eigenvalue weighted by Gasteiger charge is -2.29. The summed E-state index contributed by atoms with van der Waals surface area (Å²) in [5.74, 6) is 0. The smallest absolute Gasteiger partial charge is 0.0785 e. The highest BCUT2D eigenvalue weighted by Gasteiger charge is 2.34. The maximum absolute atomic E-state index is 10.1. The highest BCUT2D eigenvalue weighted by atomic mass is 28.3. The summed E-state index contributed by atoms with van der Waals surface area (Å²) < 4.78 is 0. The molecule has 1 aliphatic heterocycles. The molecule has 0 bridgehead atoms. The van der Waals surface area contributed by atoms with Gasteiger partial charge in [-0.25, -0.2) is 0 Å². The molecular formula is C22H33NOSi2. The fraction of sp³-hybridized carbons (Fsp3) is 0.455. The molecule has 0 fully saturated rings. The second kappa shape index (κ2) is 7.08. The predicted molar refractivity (Wildman–Crippen MR) is 118 cm³/mol. The van der Waals surface area contributed by atoms with Crippen molar-refractivity contribution in [3.05, 3.63) is 58.7 Å². The third kappa shape index (κ3) is 3.88. The van der Waals surface area contributed by atoms with Crippen LogP contribution in [0.3, 0.4) is 0 Å². The second-order valence-corrected chi connectivity index (χ2v) is 19.7. The van der Waals surface area contributed by atoms with E-state index >= 15 is 0 Å². The second-order valence-electron chi connectivity index (χ2n) is 9.70. The van der Waals surface area contributed by atoms with Crippen molar-refractivity contribution < 1.29 is 5.11 Å². The van der Waals surface area contributed by atoms with Crippen LogP contribution in [0.15, 0.2) is 36.4 Å². The molecule has 0 atom stereocenters. The van der Waals surface area contributed by atoms with Crippen molar-refractivity contribution in [1.82, 2.24) is 4.90 Å². The molecule has 0 unspecified atom stereocenters. The summed E-state index contributed by atoms with van der Waals surface area (Å²) in [4.78, 5) is 2.58. The Morgan fingerprint density at radius 2 is 1.50 bits per heavy atom. The topological polar surface area (TPSA) is 23.5 Å². The van der Waals surface area contributed by atoms with E-state index in [0.29, 0.717) is 0 Å². The minimum Gasteiger partial charge on any atom is -0.392 e. The van der Waals surface area contributed by atoms with Gasteiger partial charge in [0.15, 0.2) is 0 Å². The van der Waals surface area contributed by atoms with E-state index in [0.717, 1.165) is 19.6 Å². The largest absolute Gasteiger partial charge is 0.392 e. The first kappa shape index (κ1) is 19.6. The molecule has 0 spiro atoms. The van der Waals surface area contributed by atoms with Gasteiger partial charge in [-0.3, -0.25) is 4.90 Å². The average molecular weight is 384 g/mol. The lowest BCUT2D eigenvalue weighted by Crippen LogP contribution is -2.48. The summed E-state index contributed by atoms with van der Waals surface area (Å²) in [7, 11) is -2.99. The number of rotatable bonds is 5. The van der Waals surface area contributed by atoms with Crippen LogP contribution in [-0.2, 0) is 26.2 Å². The van der Waals surface area contributed by atoms with E-state index in [1.165, 1.54) is 16.3 Å². The standard InChI is InChI=1S/C22H33NOSi2/c1-25(2,3)21-12-18(16-24)22(26(4,5)6)20-15-23(14-19(20)21)13-17-10-8-7-9-11-17/h7-12,24H,13-16H2,1-6H3. The van der Waals surface area contributed by atoms with Crippen molar-refractivity contribution in [2.24, 2.45) is 0 Å². The zero-order chi connectivity index (χ0) is 19.1. The molecule has 0 saturated carbocycles. The minimum absolute atomic E-state index is 0.170. The van der Waals surface area contributed by atoms with Crippen LogP contribution < -0.4 is 10.4 Å². The first-order valence-corrected chi connectivity index (χ1v) is 16.7. The Hall–Kier alpha value is -1.21. The van der Waals surface area contributed by atoms with Gasteiger partial charge in [0, 0.05) is 19.6 Å². The van der Waals surface area contributed by atoms with Crippen molar-refractivity contribution in [2.45, 2.75) is 65.5 Å². The van der Waals surface area contributed by atoms with Gasteiger partial charge in [0.1, 0.15) is 0 Å². The minimum atomic E-state index is -1.53. The van der Waals surface area contributed by atoms with E-state index in [1.807, 2.05) is 0 Å². The molecule has 0 aromatic heterocycles. The van der Waals surface area contributed by atoms with Gasteiger partial charge in [0.05, 0.1) is 22.8 Å². The van der Waals surface area contributed by atoms with Gasteiger partial charge in [0.25, 0.3) is 0 Å². The summed E-state index contributed by atoms with van der Waals surface area (Å²) in [6.45, 7) is 17.8.